The molecule has 1 rings (SSSR count). The molecule has 0 spiro atoms. The van der Waals surface area contributed by atoms with Gasteiger partial charge in [-0.1, -0.05) is 6.92 Å². The third-order valence-electron chi connectivity index (χ3n) is 2.75. The van der Waals surface area contributed by atoms with E-state index in [4.69, 9.17) is 5.11 Å². The molecule has 5 heteroatoms. The summed E-state index contributed by atoms with van der Waals surface area (Å²) in [5.74, 6) is 1.77. The molecule has 0 aliphatic rings. The molecule has 0 saturated carbocycles. The Labute approximate surface area is 103 Å². The highest BCUT2D eigenvalue weighted by atomic mass is 16.3. The molecule has 0 fully saturated rings. The predicted octanol–water partition coefficient (Wildman–Crippen LogP) is 1.29. The van der Waals surface area contributed by atoms with Crippen molar-refractivity contribution in [1.29, 1.82) is 0 Å². The number of hydrogen-bond acceptors (Lipinski definition) is 5. The maximum Gasteiger partial charge on any atom is 0.137 e. The number of nitrogens with one attached hydrogen (secondary N) is 1. The summed E-state index contributed by atoms with van der Waals surface area (Å²) in [5.41, 5.74) is 1.09. The number of hydrogen-bond donors (Lipinski definition) is 2. The highest BCUT2D eigenvalue weighted by Gasteiger charge is 2.17. The van der Waals surface area contributed by atoms with Crippen molar-refractivity contribution in [3.63, 3.8) is 0 Å². The van der Waals surface area contributed by atoms with Crippen LogP contribution in [0.25, 0.3) is 0 Å². The average molecular weight is 238 g/mol. The lowest BCUT2D eigenvalue weighted by Gasteiger charge is -2.29. The summed E-state index contributed by atoms with van der Waals surface area (Å²) in [6.07, 6.45) is 2.42. The van der Waals surface area contributed by atoms with E-state index >= 15 is 0 Å². The molecule has 0 aromatic carbocycles. The van der Waals surface area contributed by atoms with Crippen molar-refractivity contribution in [2.24, 2.45) is 0 Å². The van der Waals surface area contributed by atoms with Crippen LogP contribution >= 0.6 is 0 Å². The minimum absolute atomic E-state index is 0.125. The van der Waals surface area contributed by atoms with E-state index in [1.54, 1.807) is 6.33 Å². The van der Waals surface area contributed by atoms with Crippen LogP contribution in [0.3, 0.4) is 0 Å². The first-order valence-corrected chi connectivity index (χ1v) is 6.04. The van der Waals surface area contributed by atoms with Gasteiger partial charge >= 0.3 is 0 Å². The lowest BCUT2D eigenvalue weighted by Crippen LogP contribution is -2.35. The summed E-state index contributed by atoms with van der Waals surface area (Å²) in [5, 5.41) is 12.2. The van der Waals surface area contributed by atoms with Gasteiger partial charge in [0.25, 0.3) is 0 Å². The van der Waals surface area contributed by atoms with Gasteiger partial charge in [0, 0.05) is 25.2 Å². The summed E-state index contributed by atoms with van der Waals surface area (Å²) >= 11 is 0. The fraction of sp³-hybridized carbons (Fsp3) is 0.667. The minimum Gasteiger partial charge on any atom is -0.395 e. The fourth-order valence-electron chi connectivity index (χ4n) is 1.91. The van der Waals surface area contributed by atoms with Crippen LogP contribution in [0.1, 0.15) is 26.3 Å². The Bertz CT molecular complexity index is 354. The first-order valence-electron chi connectivity index (χ1n) is 6.04. The van der Waals surface area contributed by atoms with E-state index in [1.807, 2.05) is 7.05 Å². The van der Waals surface area contributed by atoms with Crippen molar-refractivity contribution in [3.05, 3.63) is 11.9 Å². The predicted molar refractivity (Wildman–Crippen MR) is 70.5 cm³/mol. The van der Waals surface area contributed by atoms with E-state index in [0.717, 1.165) is 23.6 Å². The number of nitrogens with zero attached hydrogens (tertiary/aromatic N) is 3. The van der Waals surface area contributed by atoms with Crippen LogP contribution in [-0.4, -0.2) is 41.3 Å². The van der Waals surface area contributed by atoms with E-state index < -0.39 is 0 Å². The largest absolute Gasteiger partial charge is 0.395 e. The first-order chi connectivity index (χ1) is 8.15. The topological polar surface area (TPSA) is 61.3 Å². The second kappa shape index (κ2) is 6.39. The Morgan fingerprint density at radius 1 is 1.41 bits per heavy atom. The second-order valence-electron chi connectivity index (χ2n) is 4.14. The van der Waals surface area contributed by atoms with E-state index in [1.165, 1.54) is 0 Å². The third-order valence-corrected chi connectivity index (χ3v) is 2.75. The third kappa shape index (κ3) is 3.06. The lowest BCUT2D eigenvalue weighted by atomic mass is 10.2. The van der Waals surface area contributed by atoms with E-state index in [-0.39, 0.29) is 6.61 Å². The van der Waals surface area contributed by atoms with Gasteiger partial charge in [-0.25, -0.2) is 9.97 Å². The highest BCUT2D eigenvalue weighted by molar-refractivity contribution is 5.58. The molecule has 0 atom stereocenters. The SMILES string of the molecule is CCc1c(NC)ncnc1N(CCO)C(C)C. The zero-order valence-electron chi connectivity index (χ0n) is 11.1. The van der Waals surface area contributed by atoms with Crippen LogP contribution < -0.4 is 10.2 Å². The molecular formula is C12H22N4O. The van der Waals surface area contributed by atoms with Crippen molar-refractivity contribution < 1.29 is 5.11 Å². The van der Waals surface area contributed by atoms with E-state index in [9.17, 15) is 0 Å². The molecule has 0 aliphatic carbocycles. The zero-order chi connectivity index (χ0) is 12.8. The van der Waals surface area contributed by atoms with Gasteiger partial charge in [0.05, 0.1) is 6.61 Å². The fourth-order valence-corrected chi connectivity index (χ4v) is 1.91. The van der Waals surface area contributed by atoms with Gasteiger partial charge in [0.15, 0.2) is 0 Å². The standard InChI is InChI=1S/C12H22N4O/c1-5-10-11(13-4)14-8-15-12(10)16(6-7-17)9(2)3/h8-9,17H,5-7H2,1-4H3,(H,13,14,15). The van der Waals surface area contributed by atoms with Crippen molar-refractivity contribution in [1.82, 2.24) is 9.97 Å². The number of anilines is 2. The quantitative estimate of drug-likeness (QED) is 0.782. The number of aromatic nitrogens is 2. The van der Waals surface area contributed by atoms with Crippen LogP contribution in [-0.2, 0) is 6.42 Å². The zero-order valence-corrected chi connectivity index (χ0v) is 11.1. The molecule has 17 heavy (non-hydrogen) atoms. The molecular weight excluding hydrogens is 216 g/mol. The molecule has 1 heterocycles. The lowest BCUT2D eigenvalue weighted by molar-refractivity contribution is 0.298. The Morgan fingerprint density at radius 2 is 2.12 bits per heavy atom. The van der Waals surface area contributed by atoms with Crippen LogP contribution in [0.2, 0.25) is 0 Å². The smallest absolute Gasteiger partial charge is 0.137 e. The minimum atomic E-state index is 0.125. The Kier molecular flexibility index (Phi) is 5.15. The average Bonchev–Trinajstić information content (AvgIpc) is 2.34. The van der Waals surface area contributed by atoms with Gasteiger partial charge in [-0.05, 0) is 20.3 Å². The Hall–Kier alpha value is -1.36. The van der Waals surface area contributed by atoms with E-state index in [0.29, 0.717) is 12.6 Å². The summed E-state index contributed by atoms with van der Waals surface area (Å²) < 4.78 is 0. The molecule has 0 amide bonds. The van der Waals surface area contributed by atoms with Crippen molar-refractivity contribution in [3.8, 4) is 0 Å². The van der Waals surface area contributed by atoms with Crippen molar-refractivity contribution in [2.45, 2.75) is 33.2 Å². The van der Waals surface area contributed by atoms with Crippen molar-refractivity contribution in [2.75, 3.05) is 30.4 Å². The van der Waals surface area contributed by atoms with Crippen LogP contribution in [0.4, 0.5) is 11.6 Å². The second-order valence-corrected chi connectivity index (χ2v) is 4.14. The molecule has 1 aromatic rings. The monoisotopic (exact) mass is 238 g/mol. The van der Waals surface area contributed by atoms with Gasteiger partial charge in [-0.2, -0.15) is 0 Å². The molecule has 0 aliphatic heterocycles. The molecule has 0 radical (unpaired) electrons. The molecule has 0 unspecified atom stereocenters. The van der Waals surface area contributed by atoms with E-state index in [2.05, 4.69) is 41.0 Å². The maximum absolute atomic E-state index is 9.14. The number of aliphatic hydroxyl groups excluding tert-OH is 1. The summed E-state index contributed by atoms with van der Waals surface area (Å²) in [6, 6.07) is 0.298. The molecule has 96 valence electrons. The first kappa shape index (κ1) is 13.7. The molecule has 1 aromatic heterocycles. The number of rotatable bonds is 6. The van der Waals surface area contributed by atoms with Gasteiger partial charge in [-0.15, -0.1) is 0 Å². The number of aliphatic hydroxyl groups is 1. The summed E-state index contributed by atoms with van der Waals surface area (Å²) in [6.45, 7) is 6.98. The van der Waals surface area contributed by atoms with Gasteiger partial charge < -0.3 is 15.3 Å². The summed E-state index contributed by atoms with van der Waals surface area (Å²) in [7, 11) is 1.86. The van der Waals surface area contributed by atoms with Crippen LogP contribution in [0.15, 0.2) is 6.33 Å². The molecule has 0 saturated heterocycles. The van der Waals surface area contributed by atoms with Crippen LogP contribution in [0.5, 0.6) is 0 Å². The van der Waals surface area contributed by atoms with Gasteiger partial charge in [0.2, 0.25) is 0 Å². The maximum atomic E-state index is 9.14. The molecule has 5 nitrogen and oxygen atoms in total. The Morgan fingerprint density at radius 3 is 2.59 bits per heavy atom. The molecule has 0 bridgehead atoms. The van der Waals surface area contributed by atoms with Gasteiger partial charge in [-0.3, -0.25) is 0 Å². The normalized spacial score (nSPS) is 10.7. The summed E-state index contributed by atoms with van der Waals surface area (Å²) in [4.78, 5) is 10.7. The van der Waals surface area contributed by atoms with Gasteiger partial charge in [0.1, 0.15) is 18.0 Å². The van der Waals surface area contributed by atoms with Crippen molar-refractivity contribution >= 4 is 11.6 Å². The Balaban J connectivity index is 3.17. The molecule has 2 N–H and O–H groups in total. The van der Waals surface area contributed by atoms with Crippen LogP contribution in [0, 0.1) is 0 Å². The highest BCUT2D eigenvalue weighted by Crippen LogP contribution is 2.24.